The molecule has 0 heterocycles. The minimum atomic E-state index is -5.72. The van der Waals surface area contributed by atoms with Crippen molar-refractivity contribution in [3.8, 4) is 5.75 Å². The predicted octanol–water partition coefficient (Wildman–Crippen LogP) is -0.217. The van der Waals surface area contributed by atoms with Gasteiger partial charge in [-0.05, 0) is 18.2 Å². The molecular weight excluding hydrogens is 283 g/mol. The van der Waals surface area contributed by atoms with Gasteiger partial charge in [0.05, 0.1) is 5.82 Å². The molecule has 0 radical (unpaired) electrons. The first-order valence-corrected chi connectivity index (χ1v) is 3.85. The molecule has 0 aliphatic carbocycles. The van der Waals surface area contributed by atoms with Crippen LogP contribution >= 0.6 is 0 Å². The molecule has 1 aromatic carbocycles. The van der Waals surface area contributed by atoms with Crippen LogP contribution in [0.4, 0.5) is 30.5 Å². The van der Waals surface area contributed by atoms with Gasteiger partial charge in [-0.3, -0.25) is 0 Å². The fourth-order valence-corrected chi connectivity index (χ4v) is 0.970. The molecule has 0 spiro atoms. The minimum absolute atomic E-state index is 0. The Morgan fingerprint density at radius 3 is 2.00 bits per heavy atom. The number of alkyl halides is 3. The summed E-state index contributed by atoms with van der Waals surface area (Å²) < 4.78 is 87.4. The Morgan fingerprint density at radius 2 is 1.59 bits per heavy atom. The summed E-state index contributed by atoms with van der Waals surface area (Å²) in [6.45, 7) is -5.72. The maximum Gasteiger partial charge on any atom is 1.00 e. The second-order valence-corrected chi connectivity index (χ2v) is 2.81. The van der Waals surface area contributed by atoms with Crippen LogP contribution in [0.15, 0.2) is 18.2 Å². The second kappa shape index (κ2) is 5.91. The van der Waals surface area contributed by atoms with Crippen molar-refractivity contribution in [2.75, 3.05) is 0 Å². The van der Waals surface area contributed by atoms with Crippen molar-refractivity contribution in [1.29, 1.82) is 0 Å². The van der Waals surface area contributed by atoms with E-state index in [1.165, 1.54) is 0 Å². The third-order valence-electron chi connectivity index (χ3n) is 1.55. The molecule has 0 amide bonds. The average molecular weight is 286 g/mol. The Balaban J connectivity index is 0.00000256. The Hall–Kier alpha value is 0.231. The normalized spacial score (nSPS) is 11.9. The predicted molar refractivity (Wildman–Crippen MR) is 41.8 cm³/mol. The van der Waals surface area contributed by atoms with E-state index in [4.69, 9.17) is 0 Å². The van der Waals surface area contributed by atoms with Crippen molar-refractivity contribution in [1.82, 2.24) is 0 Å². The van der Waals surface area contributed by atoms with E-state index in [-0.39, 0.29) is 63.5 Å². The van der Waals surface area contributed by atoms with Crippen LogP contribution in [0.3, 0.4) is 0 Å². The first-order chi connectivity index (χ1) is 7.09. The summed E-state index contributed by atoms with van der Waals surface area (Å²) in [5, 5.41) is 0. The fourth-order valence-electron chi connectivity index (χ4n) is 0.970. The number of hydrogen-bond donors (Lipinski definition) is 0. The van der Waals surface area contributed by atoms with Crippen LogP contribution in [0.1, 0.15) is 0 Å². The maximum absolute atomic E-state index is 12.7. The average Bonchev–Trinajstić information content (AvgIpc) is 2.04. The van der Waals surface area contributed by atoms with Gasteiger partial charge in [-0.15, -0.1) is 13.2 Å². The number of halogens is 7. The van der Waals surface area contributed by atoms with Gasteiger partial charge in [0.15, 0.2) is 0 Å². The van der Waals surface area contributed by atoms with Crippen molar-refractivity contribution in [3.05, 3.63) is 24.0 Å². The van der Waals surface area contributed by atoms with Crippen molar-refractivity contribution in [2.45, 2.75) is 6.36 Å². The van der Waals surface area contributed by atoms with Crippen LogP contribution in [0.2, 0.25) is 0 Å². The molecule has 90 valence electrons. The number of rotatable bonds is 2. The van der Waals surface area contributed by atoms with E-state index in [1.54, 1.807) is 0 Å². The summed E-state index contributed by atoms with van der Waals surface area (Å²) in [4.78, 5) is 0. The molecule has 10 heteroatoms. The van der Waals surface area contributed by atoms with Crippen LogP contribution in [-0.2, 0) is 0 Å². The van der Waals surface area contributed by atoms with Crippen molar-refractivity contribution >= 4 is 12.4 Å². The monoisotopic (exact) mass is 286 g/mol. The maximum atomic E-state index is 12.7. The Labute approximate surface area is 134 Å². The Kier molecular flexibility index (Phi) is 6.00. The fraction of sp³-hybridized carbons (Fsp3) is 0.143. The van der Waals surface area contributed by atoms with Gasteiger partial charge in [-0.25, -0.2) is 4.39 Å². The molecule has 1 nitrogen and oxygen atoms in total. The molecule has 0 N–H and O–H groups in total. The molecular formula is C7H3BF7KO. The zero-order valence-corrected chi connectivity index (χ0v) is 11.5. The second-order valence-electron chi connectivity index (χ2n) is 2.81. The molecule has 1 rings (SSSR count). The molecule has 0 saturated heterocycles. The van der Waals surface area contributed by atoms with Gasteiger partial charge < -0.3 is 17.7 Å². The molecule has 0 atom stereocenters. The quantitative estimate of drug-likeness (QED) is 0.540. The van der Waals surface area contributed by atoms with E-state index in [0.717, 1.165) is 0 Å². The summed E-state index contributed by atoms with van der Waals surface area (Å²) in [5.41, 5.74) is -1.75. The zero-order chi connectivity index (χ0) is 12.6. The van der Waals surface area contributed by atoms with Crippen LogP contribution in [0.5, 0.6) is 5.75 Å². The molecule has 0 saturated carbocycles. The van der Waals surface area contributed by atoms with Gasteiger partial charge in [0, 0.05) is 0 Å². The molecule has 0 aromatic heterocycles. The van der Waals surface area contributed by atoms with E-state index in [9.17, 15) is 30.5 Å². The van der Waals surface area contributed by atoms with E-state index >= 15 is 0 Å². The molecule has 0 bridgehead atoms. The van der Waals surface area contributed by atoms with Crippen LogP contribution in [0, 0.1) is 5.82 Å². The Morgan fingerprint density at radius 1 is 1.06 bits per heavy atom. The van der Waals surface area contributed by atoms with E-state index < -0.39 is 30.4 Å². The first kappa shape index (κ1) is 17.2. The minimum Gasteiger partial charge on any atom is -0.445 e. The summed E-state index contributed by atoms with van der Waals surface area (Å²) in [6.07, 6.45) is -5.12. The largest absolute Gasteiger partial charge is 1.00 e. The van der Waals surface area contributed by atoms with Crippen molar-refractivity contribution in [2.24, 2.45) is 0 Å². The molecule has 0 fully saturated rings. The van der Waals surface area contributed by atoms with Gasteiger partial charge in [-0.2, -0.15) is 0 Å². The summed E-state index contributed by atoms with van der Waals surface area (Å²) in [5.74, 6) is -2.75. The van der Waals surface area contributed by atoms with Gasteiger partial charge in [0.25, 0.3) is 0 Å². The first-order valence-electron chi connectivity index (χ1n) is 3.85. The van der Waals surface area contributed by atoms with E-state index in [2.05, 4.69) is 4.74 Å². The molecule has 0 aliphatic rings. The van der Waals surface area contributed by atoms with E-state index in [1.807, 2.05) is 0 Å². The van der Waals surface area contributed by atoms with Crippen LogP contribution in [0.25, 0.3) is 0 Å². The van der Waals surface area contributed by atoms with Gasteiger partial charge >= 0.3 is 64.7 Å². The number of ether oxygens (including phenoxy) is 1. The van der Waals surface area contributed by atoms with Gasteiger partial charge in [0.2, 0.25) is 0 Å². The van der Waals surface area contributed by atoms with Crippen molar-refractivity contribution < 1.29 is 86.6 Å². The van der Waals surface area contributed by atoms with Crippen LogP contribution < -0.4 is 61.6 Å². The van der Waals surface area contributed by atoms with Gasteiger partial charge in [-0.1, -0.05) is 5.46 Å². The number of hydrogen-bond acceptors (Lipinski definition) is 1. The smallest absolute Gasteiger partial charge is 0.445 e. The summed E-state index contributed by atoms with van der Waals surface area (Å²) >= 11 is 0. The topological polar surface area (TPSA) is 9.23 Å². The molecule has 0 aliphatic heterocycles. The molecule has 0 unspecified atom stereocenters. The van der Waals surface area contributed by atoms with Crippen molar-refractivity contribution in [3.63, 3.8) is 0 Å². The third-order valence-corrected chi connectivity index (χ3v) is 1.55. The van der Waals surface area contributed by atoms with Crippen LogP contribution in [-0.4, -0.2) is 13.3 Å². The molecule has 1 aromatic rings. The van der Waals surface area contributed by atoms with E-state index in [0.29, 0.717) is 6.07 Å². The summed E-state index contributed by atoms with van der Waals surface area (Å²) in [6, 6.07) is 0.711. The number of benzene rings is 1. The van der Waals surface area contributed by atoms with Gasteiger partial charge in [0.1, 0.15) is 5.75 Å². The molecule has 17 heavy (non-hydrogen) atoms. The third kappa shape index (κ3) is 5.60. The standard InChI is InChI=1S/C7H3BF7O.K/c9-6-2-1-4(16-7(10,11)12)3-5(6)8(13,14)15;/h1-3H;/q-1;+1. The Bertz CT molecular complexity index is 389. The SMILES string of the molecule is Fc1ccc(OC(F)(F)F)cc1[B-](F)(F)F.[K+]. The summed E-state index contributed by atoms with van der Waals surface area (Å²) in [7, 11) is 0. The zero-order valence-electron chi connectivity index (χ0n) is 8.36.